The van der Waals surface area contributed by atoms with Gasteiger partial charge >= 0.3 is 6.09 Å². The largest absolute Gasteiger partial charge is 0.414 e. The number of fused-ring (bicyclic) bond motifs is 1. The van der Waals surface area contributed by atoms with Gasteiger partial charge in [0.25, 0.3) is 0 Å². The maximum absolute atomic E-state index is 12.9. The van der Waals surface area contributed by atoms with Crippen LogP contribution in [0.1, 0.15) is 36.0 Å². The van der Waals surface area contributed by atoms with Crippen LogP contribution in [0.3, 0.4) is 0 Å². The molecule has 1 unspecified atom stereocenters. The second-order valence-corrected chi connectivity index (χ2v) is 9.35. The molecule has 0 bridgehead atoms. The SMILES string of the molecule is O=C(NC1CCCNC1)Oc1ccc(Nc2c(C(=O)C3CC3)cnc3ccc(Br)cc23)cn1. The quantitative estimate of drug-likeness (QED) is 0.418. The van der Waals surface area contributed by atoms with E-state index in [2.05, 4.69) is 41.8 Å². The number of anilines is 2. The summed E-state index contributed by atoms with van der Waals surface area (Å²) in [6.07, 6.45) is 6.50. The molecule has 1 saturated heterocycles. The topological polar surface area (TPSA) is 105 Å². The van der Waals surface area contributed by atoms with Crippen molar-refractivity contribution in [1.29, 1.82) is 0 Å². The fourth-order valence-corrected chi connectivity index (χ4v) is 4.34. The van der Waals surface area contributed by atoms with E-state index in [1.807, 2.05) is 18.2 Å². The van der Waals surface area contributed by atoms with Crippen molar-refractivity contribution >= 4 is 50.1 Å². The summed E-state index contributed by atoms with van der Waals surface area (Å²) in [5.74, 6) is 0.385. The molecule has 33 heavy (non-hydrogen) atoms. The molecule has 3 heterocycles. The van der Waals surface area contributed by atoms with E-state index >= 15 is 0 Å². The van der Waals surface area contributed by atoms with Crippen molar-refractivity contribution in [3.05, 3.63) is 52.8 Å². The van der Waals surface area contributed by atoms with Gasteiger partial charge in [-0.3, -0.25) is 9.78 Å². The van der Waals surface area contributed by atoms with Crippen molar-refractivity contribution < 1.29 is 14.3 Å². The van der Waals surface area contributed by atoms with E-state index in [-0.39, 0.29) is 23.6 Å². The Morgan fingerprint density at radius 1 is 1.09 bits per heavy atom. The lowest BCUT2D eigenvalue weighted by molar-refractivity contribution is 0.0968. The number of rotatable bonds is 6. The molecule has 2 aliphatic rings. The van der Waals surface area contributed by atoms with Crippen molar-refractivity contribution in [2.75, 3.05) is 18.4 Å². The maximum Gasteiger partial charge on any atom is 0.414 e. The monoisotopic (exact) mass is 509 g/mol. The Morgan fingerprint density at radius 2 is 1.97 bits per heavy atom. The second kappa shape index (κ2) is 9.44. The number of carbonyl (C=O) groups excluding carboxylic acids is 2. The third-order valence-electron chi connectivity index (χ3n) is 5.87. The van der Waals surface area contributed by atoms with Gasteiger partial charge in [-0.15, -0.1) is 0 Å². The summed E-state index contributed by atoms with van der Waals surface area (Å²) in [5.41, 5.74) is 2.74. The zero-order valence-corrected chi connectivity index (χ0v) is 19.5. The maximum atomic E-state index is 12.9. The highest BCUT2D eigenvalue weighted by Crippen LogP contribution is 2.38. The Morgan fingerprint density at radius 3 is 2.70 bits per heavy atom. The molecule has 9 heteroatoms. The van der Waals surface area contributed by atoms with Crippen LogP contribution >= 0.6 is 15.9 Å². The van der Waals surface area contributed by atoms with E-state index in [1.165, 1.54) is 0 Å². The standard InChI is InChI=1S/C24H24BrN5O3/c25-15-5-7-20-18(10-15)22(19(13-27-20)23(31)14-3-4-14)29-17-6-8-21(28-12-17)33-24(32)30-16-2-1-9-26-11-16/h5-8,10,12-14,16,26H,1-4,9,11H2,(H,27,29)(H,30,32). The van der Waals surface area contributed by atoms with Gasteiger partial charge in [0.15, 0.2) is 5.78 Å². The average Bonchev–Trinajstić information content (AvgIpc) is 3.66. The molecule has 2 aromatic heterocycles. The minimum absolute atomic E-state index is 0.0638. The van der Waals surface area contributed by atoms with Crippen LogP contribution < -0.4 is 20.7 Å². The number of halogens is 1. The number of nitrogens with zero attached hydrogens (tertiary/aromatic N) is 2. The Balaban J connectivity index is 1.34. The predicted octanol–water partition coefficient (Wildman–Crippen LogP) is 4.57. The van der Waals surface area contributed by atoms with Gasteiger partial charge in [-0.1, -0.05) is 15.9 Å². The first-order chi connectivity index (χ1) is 16.1. The van der Waals surface area contributed by atoms with Crippen molar-refractivity contribution in [1.82, 2.24) is 20.6 Å². The van der Waals surface area contributed by atoms with Crippen molar-refractivity contribution in [3.8, 4) is 5.88 Å². The van der Waals surface area contributed by atoms with Crippen LogP contribution in [-0.2, 0) is 0 Å². The summed E-state index contributed by atoms with van der Waals surface area (Å²) in [5, 5.41) is 10.3. The summed E-state index contributed by atoms with van der Waals surface area (Å²) in [6.45, 7) is 1.71. The van der Waals surface area contributed by atoms with Crippen molar-refractivity contribution in [2.45, 2.75) is 31.7 Å². The van der Waals surface area contributed by atoms with Gasteiger partial charge in [-0.25, -0.2) is 9.78 Å². The molecule has 1 amide bonds. The molecule has 1 aromatic carbocycles. The number of hydrogen-bond acceptors (Lipinski definition) is 7. The molecule has 1 atom stereocenters. The number of pyridine rings is 2. The Labute approximate surface area is 199 Å². The van der Waals surface area contributed by atoms with Crippen LogP contribution in [0.15, 0.2) is 47.2 Å². The van der Waals surface area contributed by atoms with E-state index in [4.69, 9.17) is 4.74 Å². The molecule has 1 aliphatic carbocycles. The molecular formula is C24H24BrN5O3. The van der Waals surface area contributed by atoms with Gasteiger partial charge in [0.1, 0.15) is 0 Å². The van der Waals surface area contributed by atoms with Crippen LogP contribution in [0.5, 0.6) is 5.88 Å². The first kappa shape index (κ1) is 21.8. The lowest BCUT2D eigenvalue weighted by Crippen LogP contribution is -2.46. The smallest absolute Gasteiger partial charge is 0.391 e. The third kappa shape index (κ3) is 5.15. The summed E-state index contributed by atoms with van der Waals surface area (Å²) < 4.78 is 6.22. The lowest BCUT2D eigenvalue weighted by Gasteiger charge is -2.23. The van der Waals surface area contributed by atoms with Crippen molar-refractivity contribution in [2.24, 2.45) is 5.92 Å². The van der Waals surface area contributed by atoms with Crippen LogP contribution in [0, 0.1) is 5.92 Å². The number of nitrogens with one attached hydrogen (secondary N) is 3. The predicted molar refractivity (Wildman–Crippen MR) is 129 cm³/mol. The van der Waals surface area contributed by atoms with Gasteiger partial charge in [-0.2, -0.15) is 0 Å². The molecule has 170 valence electrons. The highest BCUT2D eigenvalue weighted by atomic mass is 79.9. The van der Waals surface area contributed by atoms with Crippen LogP contribution in [0.25, 0.3) is 10.9 Å². The summed E-state index contributed by atoms with van der Waals surface area (Å²) in [6, 6.07) is 9.24. The highest BCUT2D eigenvalue weighted by molar-refractivity contribution is 9.10. The zero-order chi connectivity index (χ0) is 22.8. The molecule has 5 rings (SSSR count). The summed E-state index contributed by atoms with van der Waals surface area (Å²) in [7, 11) is 0. The molecule has 2 fully saturated rings. The molecular weight excluding hydrogens is 486 g/mol. The molecule has 1 aliphatic heterocycles. The Bertz CT molecular complexity index is 1190. The van der Waals surface area contributed by atoms with Gasteiger partial charge in [0, 0.05) is 40.6 Å². The second-order valence-electron chi connectivity index (χ2n) is 8.43. The van der Waals surface area contributed by atoms with Gasteiger partial charge in [-0.05, 0) is 56.5 Å². The van der Waals surface area contributed by atoms with E-state index < -0.39 is 6.09 Å². The number of piperidine rings is 1. The van der Waals surface area contributed by atoms with E-state index in [0.717, 1.165) is 54.1 Å². The van der Waals surface area contributed by atoms with Gasteiger partial charge in [0.2, 0.25) is 5.88 Å². The van der Waals surface area contributed by atoms with E-state index in [1.54, 1.807) is 24.5 Å². The van der Waals surface area contributed by atoms with E-state index in [0.29, 0.717) is 16.9 Å². The van der Waals surface area contributed by atoms with Crippen LogP contribution in [-0.4, -0.2) is 41.0 Å². The number of ketones is 1. The molecule has 0 spiro atoms. The third-order valence-corrected chi connectivity index (χ3v) is 6.36. The van der Waals surface area contributed by atoms with Crippen molar-refractivity contribution in [3.63, 3.8) is 0 Å². The normalized spacial score (nSPS) is 18.0. The fourth-order valence-electron chi connectivity index (χ4n) is 3.98. The molecule has 3 N–H and O–H groups in total. The number of benzene rings is 1. The summed E-state index contributed by atoms with van der Waals surface area (Å²) >= 11 is 3.51. The minimum Gasteiger partial charge on any atom is -0.391 e. The first-order valence-corrected chi connectivity index (χ1v) is 11.9. The number of amides is 1. The molecule has 8 nitrogen and oxygen atoms in total. The summed E-state index contributed by atoms with van der Waals surface area (Å²) in [4.78, 5) is 33.8. The van der Waals surface area contributed by atoms with Gasteiger partial charge < -0.3 is 20.7 Å². The molecule has 0 radical (unpaired) electrons. The number of aromatic nitrogens is 2. The fraction of sp³-hybridized carbons (Fsp3) is 0.333. The lowest BCUT2D eigenvalue weighted by atomic mass is 10.0. The molecule has 3 aromatic rings. The van der Waals surface area contributed by atoms with E-state index in [9.17, 15) is 9.59 Å². The van der Waals surface area contributed by atoms with Crippen LogP contribution in [0.4, 0.5) is 16.2 Å². The zero-order valence-electron chi connectivity index (χ0n) is 17.9. The first-order valence-electron chi connectivity index (χ1n) is 11.1. The number of carbonyl (C=O) groups is 2. The van der Waals surface area contributed by atoms with Gasteiger partial charge in [0.05, 0.1) is 28.7 Å². The number of ether oxygens (including phenoxy) is 1. The number of hydrogen-bond donors (Lipinski definition) is 3. The highest BCUT2D eigenvalue weighted by Gasteiger charge is 2.32. The Kier molecular flexibility index (Phi) is 6.24. The Hall–Kier alpha value is -3.04. The average molecular weight is 510 g/mol. The number of Topliss-reactive ketones (excluding diaryl/α,β-unsaturated/α-hetero) is 1. The molecule has 1 saturated carbocycles. The minimum atomic E-state index is -0.515. The van der Waals surface area contributed by atoms with Crippen LogP contribution in [0.2, 0.25) is 0 Å².